The minimum atomic E-state index is -1.91. The van der Waals surface area contributed by atoms with Crippen LogP contribution in [0.3, 0.4) is 0 Å². The molecule has 0 N–H and O–H groups in total. The molecule has 0 unspecified atom stereocenters. The first kappa shape index (κ1) is 88.7. The van der Waals surface area contributed by atoms with Gasteiger partial charge in [-0.05, 0) is 194 Å². The number of nitriles is 4. The van der Waals surface area contributed by atoms with Gasteiger partial charge in [-0.15, -0.1) is 24.0 Å². The summed E-state index contributed by atoms with van der Waals surface area (Å²) in [7, 11) is -7.62. The van der Waals surface area contributed by atoms with E-state index in [0.29, 0.717) is 0 Å². The van der Waals surface area contributed by atoms with Gasteiger partial charge in [0.15, 0.2) is 0 Å². The molecule has 0 spiro atoms. The first-order valence-electron chi connectivity index (χ1n) is 37.7. The predicted octanol–water partition coefficient (Wildman–Crippen LogP) is 18.1. The zero-order chi connectivity index (χ0) is 84.3. The van der Waals surface area contributed by atoms with Gasteiger partial charge in [0.25, 0.3) is 0 Å². The molecule has 0 saturated carbocycles. The number of rotatable bonds is 16. The molecule has 576 valence electrons. The van der Waals surface area contributed by atoms with Crippen LogP contribution in [0.1, 0.15) is 0 Å². The summed E-state index contributed by atoms with van der Waals surface area (Å²) in [6.45, 7) is 0. The Morgan fingerprint density at radius 2 is 0.200 bits per heavy atom. The van der Waals surface area contributed by atoms with E-state index in [-0.39, 0.29) is 0 Å². The van der Waals surface area contributed by atoms with Gasteiger partial charge in [-0.1, -0.05) is 291 Å². The average Bonchev–Trinajstić information content (AvgIpc) is 0.759. The summed E-state index contributed by atoms with van der Waals surface area (Å²) in [6.07, 6.45) is 5.12. The molecular weight excluding hydrogens is 1540 g/mol. The van der Waals surface area contributed by atoms with E-state index in [4.69, 9.17) is 42.7 Å². The van der Waals surface area contributed by atoms with Crippen molar-refractivity contribution < 1.29 is 0 Å². The molecule has 16 rings (SSSR count). The summed E-state index contributed by atoms with van der Waals surface area (Å²) in [5.41, 5.74) is 0. The molecule has 0 radical (unpaired) electrons. The number of hydrogen-bond acceptors (Lipinski definition) is 8. The summed E-state index contributed by atoms with van der Waals surface area (Å²) in [4.78, 5) is 10.3. The largest absolute Gasteiger partial charge is 0.422 e. The van der Waals surface area contributed by atoms with Crippen molar-refractivity contribution >= 4 is 138 Å². The molecule has 0 aliphatic heterocycles. The Labute approximate surface area is 705 Å². The van der Waals surface area contributed by atoms with Gasteiger partial charge < -0.3 is 41.6 Å². The van der Waals surface area contributed by atoms with Crippen LogP contribution in [-0.2, 0) is 0 Å². The van der Waals surface area contributed by atoms with Crippen LogP contribution in [0.25, 0.3) is 21.6 Å². The fourth-order valence-electron chi connectivity index (χ4n) is 14.1. The lowest BCUT2D eigenvalue weighted by molar-refractivity contribution is 1.45. The lowest BCUT2D eigenvalue weighted by Crippen LogP contribution is -2.38. The highest BCUT2D eigenvalue weighted by molar-refractivity contribution is 8.03. The van der Waals surface area contributed by atoms with Gasteiger partial charge in [0, 0.05) is 0 Å². The van der Waals surface area contributed by atoms with Gasteiger partial charge in [0.1, 0.15) is 114 Å². The Morgan fingerprint density at radius 1 is 0.133 bits per heavy atom. The van der Waals surface area contributed by atoms with Crippen LogP contribution in [0.5, 0.6) is 0 Å². The van der Waals surface area contributed by atoms with Crippen molar-refractivity contribution in [1.82, 2.24) is 0 Å². The molecule has 0 bridgehead atoms. The van der Waals surface area contributed by atoms with E-state index in [1.807, 2.05) is 0 Å². The Balaban J connectivity index is 0.000000169. The van der Waals surface area contributed by atoms with Crippen LogP contribution in [0.2, 0.25) is 0 Å². The second-order valence-corrected chi connectivity index (χ2v) is 38.9. The van der Waals surface area contributed by atoms with Crippen LogP contribution < -0.4 is 84.9 Å². The molecule has 0 amide bonds. The monoisotopic (exact) mass is 1620 g/mol. The SMILES string of the molecule is N#CN=C=[N-].N#CN=C=[N-].N#CN=C=[N-].N#CN=C=[N-].c1ccc([P+](c2ccccc2)(c2ccccc2)c2ccccc2)cc1.c1ccc([P+](c2ccccc2)(c2ccccc2)c2ccccc2)cc1.c1ccc([P+](c2ccccc2)(c2ccccc2)c2ccccc2)cc1.c1ccc([P+](c2ccccc2)(c2ccccc2)c2ccccc2)cc1. The van der Waals surface area contributed by atoms with Gasteiger partial charge in [0.05, 0.1) is 24.8 Å². The molecule has 16 aromatic carbocycles. The molecule has 0 saturated heterocycles. The van der Waals surface area contributed by atoms with Crippen LogP contribution >= 0.6 is 29.0 Å². The van der Waals surface area contributed by atoms with Crippen LogP contribution in [0.15, 0.2) is 505 Å². The Hall–Kier alpha value is -15.3. The van der Waals surface area contributed by atoms with Gasteiger partial charge >= 0.3 is 0 Å². The zero-order valence-corrected chi connectivity index (χ0v) is 68.9. The Kier molecular flexibility index (Phi) is 36.6. The minimum Gasteiger partial charge on any atom is -0.422 e. The molecule has 120 heavy (non-hydrogen) atoms. The number of hydrogen-bond donors (Lipinski definition) is 0. The Bertz CT molecular complexity index is 4640. The first-order chi connectivity index (χ1) is 59.3. The summed E-state index contributed by atoms with van der Waals surface area (Å²) in [5.74, 6) is 0. The summed E-state index contributed by atoms with van der Waals surface area (Å²) in [6, 6.07) is 180. The summed E-state index contributed by atoms with van der Waals surface area (Å²) >= 11 is 0. The van der Waals surface area contributed by atoms with E-state index >= 15 is 0 Å². The third kappa shape index (κ3) is 22.6. The fraction of sp³-hybridized carbons (Fsp3) is 0. The van der Waals surface area contributed by atoms with E-state index in [1.54, 1.807) is 0 Å². The second-order valence-electron chi connectivity index (χ2n) is 25.3. The molecule has 0 aliphatic rings. The van der Waals surface area contributed by atoms with Crippen molar-refractivity contribution in [1.29, 1.82) is 21.0 Å². The van der Waals surface area contributed by atoms with Gasteiger partial charge in [-0.25, -0.2) is 0 Å². The van der Waals surface area contributed by atoms with Gasteiger partial charge in [0.2, 0.25) is 0 Å². The second kappa shape index (κ2) is 49.5. The number of aliphatic imine (C=N–C) groups is 4. The molecule has 0 fully saturated rings. The number of nitrogens with zero attached hydrogens (tertiary/aromatic N) is 12. The number of benzene rings is 16. The van der Waals surface area contributed by atoms with Gasteiger partial charge in [-0.3, -0.25) is 0 Å². The van der Waals surface area contributed by atoms with E-state index in [1.165, 1.54) is 134 Å². The van der Waals surface area contributed by atoms with Crippen molar-refractivity contribution in [2.75, 3.05) is 0 Å². The van der Waals surface area contributed by atoms with Crippen LogP contribution in [0.4, 0.5) is 0 Å². The topological polar surface area (TPSA) is 234 Å². The maximum absolute atomic E-state index is 7.43. The first-order valence-corrected chi connectivity index (χ1v) is 44.9. The normalized spacial score (nSPS) is 9.97. The standard InChI is InChI=1S/4C24H20P.4C2N3/c4*1-5-13-21(14-6-1)25(22-15-7-2-8-16-22,23-17-9-3-10-18-23)24-19-11-4-12-20-24;4*3-1-5-2-4/h4*1-20H;;;;/q4*+1;4*-1. The summed E-state index contributed by atoms with van der Waals surface area (Å²) in [5, 5.41) is 81.6. The maximum atomic E-state index is 7.43. The van der Waals surface area contributed by atoms with E-state index in [0.717, 1.165) is 0 Å². The van der Waals surface area contributed by atoms with Crippen molar-refractivity contribution in [2.45, 2.75) is 0 Å². The molecule has 16 aromatic rings. The fourth-order valence-corrected chi connectivity index (χ4v) is 31.2. The third-order valence-corrected chi connectivity index (χ3v) is 35.9. The summed E-state index contributed by atoms with van der Waals surface area (Å²) < 4.78 is 0. The van der Waals surface area contributed by atoms with Crippen molar-refractivity contribution in [3.05, 3.63) is 507 Å². The van der Waals surface area contributed by atoms with Crippen molar-refractivity contribution in [2.24, 2.45) is 20.0 Å². The van der Waals surface area contributed by atoms with E-state index in [9.17, 15) is 0 Å². The molecule has 0 heterocycles. The van der Waals surface area contributed by atoms with Crippen molar-refractivity contribution in [3.8, 4) is 24.8 Å². The predicted molar refractivity (Wildman–Crippen MR) is 511 cm³/mol. The minimum absolute atomic E-state index is 1.28. The lowest BCUT2D eigenvalue weighted by atomic mass is 10.3. The smallest absolute Gasteiger partial charge is 0.144 e. The highest BCUT2D eigenvalue weighted by Crippen LogP contribution is 2.57. The highest BCUT2D eigenvalue weighted by atomic mass is 31.2. The van der Waals surface area contributed by atoms with E-state index in [2.05, 4.69) is 505 Å². The van der Waals surface area contributed by atoms with E-state index < -0.39 is 29.0 Å². The van der Waals surface area contributed by atoms with Gasteiger partial charge in [-0.2, -0.15) is 21.0 Å². The lowest BCUT2D eigenvalue weighted by Gasteiger charge is -2.27. The quantitative estimate of drug-likeness (QED) is 0.0521. The molecule has 12 nitrogen and oxygen atoms in total. The maximum Gasteiger partial charge on any atom is 0.144 e. The molecular formula is C104H80N12P4. The zero-order valence-electron chi connectivity index (χ0n) is 65.3. The molecule has 0 aliphatic carbocycles. The van der Waals surface area contributed by atoms with Crippen molar-refractivity contribution in [3.63, 3.8) is 0 Å². The Morgan fingerprint density at radius 3 is 0.242 bits per heavy atom. The molecule has 16 heteroatoms. The third-order valence-electron chi connectivity index (χ3n) is 18.7. The highest BCUT2D eigenvalue weighted by Gasteiger charge is 2.51. The molecule has 0 atom stereocenters. The van der Waals surface area contributed by atoms with Crippen LogP contribution in [0, 0.1) is 45.8 Å². The van der Waals surface area contributed by atoms with Crippen LogP contribution in [-0.4, -0.2) is 24.0 Å². The average molecular weight is 1620 g/mol. The molecule has 0 aromatic heterocycles.